The summed E-state index contributed by atoms with van der Waals surface area (Å²) in [4.78, 5) is 25.8. The van der Waals surface area contributed by atoms with Gasteiger partial charge in [-0.3, -0.25) is 9.36 Å². The van der Waals surface area contributed by atoms with Crippen molar-refractivity contribution < 1.29 is 9.53 Å². The van der Waals surface area contributed by atoms with E-state index in [9.17, 15) is 4.79 Å². The molecule has 5 aromatic rings. The van der Waals surface area contributed by atoms with Gasteiger partial charge in [-0.2, -0.15) is 0 Å². The number of aromatic nitrogens is 4. The second-order valence-corrected chi connectivity index (χ2v) is 8.51. The molecule has 0 aliphatic rings. The van der Waals surface area contributed by atoms with Crippen LogP contribution in [0.25, 0.3) is 16.9 Å². The van der Waals surface area contributed by atoms with Gasteiger partial charge in [-0.1, -0.05) is 29.8 Å². The Bertz CT molecular complexity index is 1390. The van der Waals surface area contributed by atoms with Crippen LogP contribution in [0.1, 0.15) is 16.3 Å². The summed E-state index contributed by atoms with van der Waals surface area (Å²) in [5, 5.41) is 5.60. The summed E-state index contributed by atoms with van der Waals surface area (Å²) >= 11 is 1.48. The van der Waals surface area contributed by atoms with Gasteiger partial charge in [-0.05, 0) is 43.3 Å². The van der Waals surface area contributed by atoms with Gasteiger partial charge >= 0.3 is 0 Å². The summed E-state index contributed by atoms with van der Waals surface area (Å²) in [6.07, 6.45) is 3.58. The molecule has 1 amide bonds. The lowest BCUT2D eigenvalue weighted by Gasteiger charge is -2.07. The smallest absolute Gasteiger partial charge is 0.230 e. The quantitative estimate of drug-likeness (QED) is 0.376. The van der Waals surface area contributed by atoms with Crippen LogP contribution >= 0.6 is 11.3 Å². The summed E-state index contributed by atoms with van der Waals surface area (Å²) in [7, 11) is 0. The maximum atomic E-state index is 12.5. The zero-order valence-corrected chi connectivity index (χ0v) is 18.7. The van der Waals surface area contributed by atoms with Gasteiger partial charge in [0, 0.05) is 5.38 Å². The van der Waals surface area contributed by atoms with E-state index in [1.807, 2.05) is 77.5 Å². The monoisotopic (exact) mass is 455 g/mol. The second kappa shape index (κ2) is 9.22. The molecule has 0 atom stereocenters. The van der Waals surface area contributed by atoms with Gasteiger partial charge in [-0.15, -0.1) is 11.3 Å². The molecule has 0 bridgehead atoms. The van der Waals surface area contributed by atoms with Crippen LogP contribution in [0.4, 0.5) is 5.69 Å². The largest absolute Gasteiger partial charge is 0.486 e. The fourth-order valence-electron chi connectivity index (χ4n) is 3.39. The Morgan fingerprint density at radius 2 is 1.91 bits per heavy atom. The number of para-hydroxylation sites is 2. The summed E-state index contributed by atoms with van der Waals surface area (Å²) < 4.78 is 7.68. The summed E-state index contributed by atoms with van der Waals surface area (Å²) in [6, 6.07) is 19.4. The number of benzene rings is 2. The van der Waals surface area contributed by atoms with Crippen LogP contribution in [0.3, 0.4) is 0 Å². The number of aryl methyl sites for hydroxylation is 1. The Kier molecular flexibility index (Phi) is 5.82. The molecule has 5 rings (SSSR count). The van der Waals surface area contributed by atoms with Crippen molar-refractivity contribution in [1.82, 2.24) is 19.5 Å². The number of hydrogen-bond acceptors (Lipinski definition) is 6. The standard InChI is InChI=1S/C25H21N5O2S/c1-17-6-9-20(10-7-17)32-14-25-29-19(15-33-25)12-24(31)28-18-8-11-23(26-13-18)30-16-27-21-4-2-3-5-22(21)30/h2-11,13,15-16H,12,14H2,1H3,(H,28,31). The van der Waals surface area contributed by atoms with Crippen LogP contribution < -0.4 is 10.1 Å². The van der Waals surface area contributed by atoms with E-state index in [-0.39, 0.29) is 12.3 Å². The molecule has 3 heterocycles. The number of carbonyl (C=O) groups is 1. The van der Waals surface area contributed by atoms with Crippen LogP contribution in [0.5, 0.6) is 5.75 Å². The first-order chi connectivity index (χ1) is 16.1. The van der Waals surface area contributed by atoms with E-state index in [4.69, 9.17) is 4.74 Å². The van der Waals surface area contributed by atoms with Crippen LogP contribution in [-0.2, 0) is 17.8 Å². The fourth-order valence-corrected chi connectivity index (χ4v) is 4.09. The molecule has 0 spiro atoms. The number of thiazole rings is 1. The van der Waals surface area contributed by atoms with Gasteiger partial charge in [0.25, 0.3) is 0 Å². The van der Waals surface area contributed by atoms with E-state index in [1.54, 1.807) is 12.5 Å². The minimum atomic E-state index is -0.145. The summed E-state index contributed by atoms with van der Waals surface area (Å²) in [6.45, 7) is 2.41. The van der Waals surface area contributed by atoms with E-state index in [0.717, 1.165) is 33.3 Å². The van der Waals surface area contributed by atoms with E-state index in [1.165, 1.54) is 16.9 Å². The van der Waals surface area contributed by atoms with E-state index < -0.39 is 0 Å². The number of nitrogens with zero attached hydrogens (tertiary/aromatic N) is 4. The number of imidazole rings is 1. The first kappa shape index (κ1) is 20.8. The molecular formula is C25H21N5O2S. The molecule has 2 aromatic carbocycles. The highest BCUT2D eigenvalue weighted by Crippen LogP contribution is 2.19. The third-order valence-corrected chi connectivity index (χ3v) is 5.93. The molecule has 7 nitrogen and oxygen atoms in total. The SMILES string of the molecule is Cc1ccc(OCc2nc(CC(=O)Nc3ccc(-n4cnc5ccccc54)nc3)cs2)cc1. The molecule has 33 heavy (non-hydrogen) atoms. The first-order valence-electron chi connectivity index (χ1n) is 10.5. The molecule has 0 aliphatic heterocycles. The molecule has 0 saturated carbocycles. The highest BCUT2D eigenvalue weighted by Gasteiger charge is 2.10. The number of pyridine rings is 1. The van der Waals surface area contributed by atoms with Crippen molar-refractivity contribution in [3.63, 3.8) is 0 Å². The van der Waals surface area contributed by atoms with Crippen molar-refractivity contribution in [2.45, 2.75) is 20.0 Å². The minimum Gasteiger partial charge on any atom is -0.486 e. The van der Waals surface area contributed by atoms with Gasteiger partial charge in [-0.25, -0.2) is 15.0 Å². The molecule has 0 unspecified atom stereocenters. The molecule has 8 heteroatoms. The molecule has 0 radical (unpaired) electrons. The number of nitrogens with one attached hydrogen (secondary N) is 1. The van der Waals surface area contributed by atoms with Crippen molar-refractivity contribution in [1.29, 1.82) is 0 Å². The van der Waals surface area contributed by atoms with Crippen LogP contribution in [0.2, 0.25) is 0 Å². The van der Waals surface area contributed by atoms with Crippen LogP contribution in [0, 0.1) is 6.92 Å². The van der Waals surface area contributed by atoms with Crippen molar-refractivity contribution in [3.05, 3.63) is 94.8 Å². The zero-order chi connectivity index (χ0) is 22.6. The van der Waals surface area contributed by atoms with Crippen LogP contribution in [-0.4, -0.2) is 25.4 Å². The van der Waals surface area contributed by atoms with Crippen LogP contribution in [0.15, 0.2) is 78.6 Å². The highest BCUT2D eigenvalue weighted by atomic mass is 32.1. The average molecular weight is 456 g/mol. The summed E-state index contributed by atoms with van der Waals surface area (Å²) in [5.74, 6) is 1.39. The lowest BCUT2D eigenvalue weighted by Crippen LogP contribution is -2.15. The Hall–Kier alpha value is -4.04. The Balaban J connectivity index is 1.17. The van der Waals surface area contributed by atoms with Gasteiger partial charge in [0.15, 0.2) is 0 Å². The Labute approximate surface area is 194 Å². The lowest BCUT2D eigenvalue weighted by molar-refractivity contribution is -0.115. The lowest BCUT2D eigenvalue weighted by atomic mass is 10.2. The summed E-state index contributed by atoms with van der Waals surface area (Å²) in [5.41, 5.74) is 4.42. The predicted molar refractivity (Wildman–Crippen MR) is 129 cm³/mol. The Morgan fingerprint density at radius 3 is 2.73 bits per heavy atom. The van der Waals surface area contributed by atoms with Crippen molar-refractivity contribution >= 4 is 34.0 Å². The van der Waals surface area contributed by atoms with E-state index in [0.29, 0.717) is 12.3 Å². The van der Waals surface area contributed by atoms with Gasteiger partial charge in [0.05, 0.1) is 35.0 Å². The zero-order valence-electron chi connectivity index (χ0n) is 17.9. The maximum absolute atomic E-state index is 12.5. The molecule has 0 fully saturated rings. The minimum absolute atomic E-state index is 0.145. The fraction of sp³-hybridized carbons (Fsp3) is 0.120. The number of hydrogen-bond donors (Lipinski definition) is 1. The average Bonchev–Trinajstić information content (AvgIpc) is 3.46. The maximum Gasteiger partial charge on any atom is 0.230 e. The predicted octanol–water partition coefficient (Wildman–Crippen LogP) is 4.95. The van der Waals surface area contributed by atoms with E-state index in [2.05, 4.69) is 20.3 Å². The Morgan fingerprint density at radius 1 is 1.06 bits per heavy atom. The first-order valence-corrected chi connectivity index (χ1v) is 11.3. The van der Waals surface area contributed by atoms with Crippen molar-refractivity contribution in [2.75, 3.05) is 5.32 Å². The number of fused-ring (bicyclic) bond motifs is 1. The third kappa shape index (κ3) is 4.91. The van der Waals surface area contributed by atoms with Gasteiger partial charge < -0.3 is 10.1 Å². The molecule has 0 aliphatic carbocycles. The molecule has 3 aromatic heterocycles. The molecular weight excluding hydrogens is 434 g/mol. The number of rotatable bonds is 7. The number of carbonyl (C=O) groups excluding carboxylic acids is 1. The van der Waals surface area contributed by atoms with E-state index >= 15 is 0 Å². The normalized spacial score (nSPS) is 10.9. The van der Waals surface area contributed by atoms with Gasteiger partial charge in [0.2, 0.25) is 5.91 Å². The number of amides is 1. The number of ether oxygens (including phenoxy) is 1. The number of anilines is 1. The van der Waals surface area contributed by atoms with Crippen molar-refractivity contribution in [2.24, 2.45) is 0 Å². The molecule has 164 valence electrons. The molecule has 1 N–H and O–H groups in total. The highest BCUT2D eigenvalue weighted by molar-refractivity contribution is 7.09. The van der Waals surface area contributed by atoms with Gasteiger partial charge in [0.1, 0.15) is 29.5 Å². The third-order valence-electron chi connectivity index (χ3n) is 5.06. The second-order valence-electron chi connectivity index (χ2n) is 7.57. The molecule has 0 saturated heterocycles. The van der Waals surface area contributed by atoms with Crippen molar-refractivity contribution in [3.8, 4) is 11.6 Å². The topological polar surface area (TPSA) is 81.9 Å².